The van der Waals surface area contributed by atoms with Crippen molar-refractivity contribution in [2.75, 3.05) is 5.32 Å². The number of nitro groups is 1. The Morgan fingerprint density at radius 2 is 1.96 bits per heavy atom. The fraction of sp³-hybridized carbons (Fsp3) is 0.263. The van der Waals surface area contributed by atoms with Crippen molar-refractivity contribution in [1.82, 2.24) is 9.38 Å². The van der Waals surface area contributed by atoms with E-state index < -0.39 is 16.2 Å². The molecule has 0 bridgehead atoms. The fourth-order valence-electron chi connectivity index (χ4n) is 3.79. The molecule has 0 saturated carbocycles. The highest BCUT2D eigenvalue weighted by atomic mass is 16.6. The van der Waals surface area contributed by atoms with Crippen LogP contribution in [0.25, 0.3) is 5.65 Å². The summed E-state index contributed by atoms with van der Waals surface area (Å²) < 4.78 is 1.19. The maximum Gasteiger partial charge on any atom is 0.376 e. The summed E-state index contributed by atoms with van der Waals surface area (Å²) in [5.41, 5.74) is 1.38. The van der Waals surface area contributed by atoms with E-state index >= 15 is 0 Å². The first-order chi connectivity index (χ1) is 12.4. The van der Waals surface area contributed by atoms with Crippen molar-refractivity contribution in [1.29, 1.82) is 0 Å². The Hall–Kier alpha value is -3.22. The van der Waals surface area contributed by atoms with Crippen molar-refractivity contribution >= 4 is 17.2 Å². The Labute approximate surface area is 149 Å². The van der Waals surface area contributed by atoms with E-state index in [1.807, 2.05) is 18.2 Å². The van der Waals surface area contributed by atoms with Crippen molar-refractivity contribution in [3.63, 3.8) is 0 Å². The Bertz CT molecular complexity index is 1090. The van der Waals surface area contributed by atoms with Gasteiger partial charge in [-0.25, -0.2) is 4.98 Å². The van der Waals surface area contributed by atoms with E-state index in [0.717, 1.165) is 12.0 Å². The number of benzene rings is 1. The van der Waals surface area contributed by atoms with Crippen molar-refractivity contribution in [2.24, 2.45) is 0 Å². The van der Waals surface area contributed by atoms with Gasteiger partial charge in [0.25, 0.3) is 0 Å². The molecule has 7 nitrogen and oxygen atoms in total. The average molecular weight is 350 g/mol. The number of nitrogens with one attached hydrogen (secondary N) is 1. The van der Waals surface area contributed by atoms with Crippen LogP contribution >= 0.6 is 0 Å². The molecule has 0 aliphatic heterocycles. The van der Waals surface area contributed by atoms with E-state index in [4.69, 9.17) is 0 Å². The minimum absolute atomic E-state index is 0.0173. The summed E-state index contributed by atoms with van der Waals surface area (Å²) in [6.45, 7) is 4.29. The summed E-state index contributed by atoms with van der Waals surface area (Å²) in [5.74, 6) is 0.0173. The van der Waals surface area contributed by atoms with Gasteiger partial charge < -0.3 is 5.32 Å². The Morgan fingerprint density at radius 1 is 1.23 bits per heavy atom. The first kappa shape index (κ1) is 16.3. The third kappa shape index (κ3) is 2.44. The van der Waals surface area contributed by atoms with Crippen molar-refractivity contribution < 1.29 is 4.92 Å². The van der Waals surface area contributed by atoms with E-state index in [2.05, 4.69) is 30.2 Å². The van der Waals surface area contributed by atoms with Crippen LogP contribution in [0.2, 0.25) is 0 Å². The van der Waals surface area contributed by atoms with Crippen LogP contribution in [0.1, 0.15) is 37.4 Å². The van der Waals surface area contributed by atoms with Gasteiger partial charge in [0.05, 0.1) is 11.0 Å². The third-order valence-electron chi connectivity index (χ3n) is 4.98. The highest BCUT2D eigenvalue weighted by molar-refractivity contribution is 5.61. The summed E-state index contributed by atoms with van der Waals surface area (Å²) in [6.07, 6.45) is 2.24. The van der Waals surface area contributed by atoms with Crippen LogP contribution in [0.4, 0.5) is 11.5 Å². The first-order valence-electron chi connectivity index (χ1n) is 8.40. The van der Waals surface area contributed by atoms with Crippen LogP contribution in [0, 0.1) is 10.1 Å². The van der Waals surface area contributed by atoms with Crippen molar-refractivity contribution in [3.05, 3.63) is 80.3 Å². The molecule has 2 heterocycles. The topological polar surface area (TPSA) is 89.5 Å². The quantitative estimate of drug-likeness (QED) is 0.577. The molecule has 2 aromatic heterocycles. The number of pyridine rings is 1. The van der Waals surface area contributed by atoms with Gasteiger partial charge >= 0.3 is 11.2 Å². The van der Waals surface area contributed by atoms with E-state index in [1.165, 1.54) is 16.2 Å². The van der Waals surface area contributed by atoms with Gasteiger partial charge in [0.15, 0.2) is 0 Å². The molecule has 0 saturated heterocycles. The maximum absolute atomic E-state index is 12.6. The van der Waals surface area contributed by atoms with Crippen LogP contribution in [0.3, 0.4) is 0 Å². The van der Waals surface area contributed by atoms with E-state index in [-0.39, 0.29) is 17.3 Å². The van der Waals surface area contributed by atoms with Gasteiger partial charge in [-0.2, -0.15) is 0 Å². The van der Waals surface area contributed by atoms with Crippen molar-refractivity contribution in [2.45, 2.75) is 31.7 Å². The van der Waals surface area contributed by atoms with Crippen molar-refractivity contribution in [3.8, 4) is 0 Å². The standard InChI is InChI=1S/C19H18N4O3/c1-19(2)11-14(12-7-3-4-8-13(12)19)20-17-16(23(25)26)18(24)22-10-6-5-9-15(22)21-17/h3-10,14,20H,11H2,1-2H3. The second-order valence-corrected chi connectivity index (χ2v) is 7.17. The molecular weight excluding hydrogens is 332 g/mol. The summed E-state index contributed by atoms with van der Waals surface area (Å²) in [4.78, 5) is 27.8. The molecule has 0 fully saturated rings. The Kier molecular flexibility index (Phi) is 3.54. The van der Waals surface area contributed by atoms with E-state index in [0.29, 0.717) is 5.65 Å². The molecule has 0 spiro atoms. The molecule has 4 rings (SSSR count). The average Bonchev–Trinajstić information content (AvgIpc) is 2.86. The smallest absolute Gasteiger partial charge is 0.357 e. The lowest BCUT2D eigenvalue weighted by Crippen LogP contribution is -2.22. The highest BCUT2D eigenvalue weighted by Gasteiger charge is 2.38. The molecule has 26 heavy (non-hydrogen) atoms. The zero-order chi connectivity index (χ0) is 18.5. The fourth-order valence-corrected chi connectivity index (χ4v) is 3.79. The van der Waals surface area contributed by atoms with Gasteiger partial charge in [-0.3, -0.25) is 19.3 Å². The molecule has 1 aliphatic rings. The van der Waals surface area contributed by atoms with Crippen LogP contribution < -0.4 is 10.9 Å². The number of aromatic nitrogens is 2. The zero-order valence-corrected chi connectivity index (χ0v) is 14.5. The number of anilines is 1. The first-order valence-corrected chi connectivity index (χ1v) is 8.40. The summed E-state index contributed by atoms with van der Waals surface area (Å²) in [5, 5.41) is 14.7. The van der Waals surface area contributed by atoms with E-state index in [1.54, 1.807) is 18.2 Å². The van der Waals surface area contributed by atoms with Gasteiger partial charge in [0.2, 0.25) is 5.82 Å². The summed E-state index contributed by atoms with van der Waals surface area (Å²) in [7, 11) is 0. The Morgan fingerprint density at radius 3 is 2.73 bits per heavy atom. The molecule has 3 aromatic rings. The second kappa shape index (κ2) is 5.66. The molecule has 7 heteroatoms. The molecule has 1 aromatic carbocycles. The molecule has 0 radical (unpaired) electrons. The number of hydrogen-bond acceptors (Lipinski definition) is 5. The lowest BCUT2D eigenvalue weighted by atomic mass is 9.86. The van der Waals surface area contributed by atoms with Gasteiger partial charge in [0.1, 0.15) is 5.65 Å². The lowest BCUT2D eigenvalue weighted by Gasteiger charge is -2.19. The zero-order valence-electron chi connectivity index (χ0n) is 14.5. The van der Waals surface area contributed by atoms with Gasteiger partial charge in [-0.05, 0) is 35.1 Å². The van der Waals surface area contributed by atoms with Gasteiger partial charge in [-0.15, -0.1) is 0 Å². The number of fused-ring (bicyclic) bond motifs is 2. The molecule has 1 unspecified atom stereocenters. The Balaban J connectivity index is 1.85. The summed E-state index contributed by atoms with van der Waals surface area (Å²) >= 11 is 0. The third-order valence-corrected chi connectivity index (χ3v) is 4.98. The SMILES string of the molecule is CC1(C)CC(Nc2nc3ccccn3c(=O)c2[N+](=O)[O-])c2ccccc21. The highest BCUT2D eigenvalue weighted by Crippen LogP contribution is 2.45. The number of rotatable bonds is 3. The maximum atomic E-state index is 12.6. The minimum Gasteiger partial charge on any atom is -0.357 e. The summed E-state index contributed by atoms with van der Waals surface area (Å²) in [6, 6.07) is 12.9. The molecular formula is C19H18N4O3. The molecule has 0 amide bonds. The second-order valence-electron chi connectivity index (χ2n) is 7.17. The van der Waals surface area contributed by atoms with Crippen LogP contribution in [0.15, 0.2) is 53.5 Å². The number of hydrogen-bond donors (Lipinski definition) is 1. The normalized spacial score (nSPS) is 17.8. The van der Waals surface area contributed by atoms with Crippen LogP contribution in [-0.4, -0.2) is 14.3 Å². The van der Waals surface area contributed by atoms with Crippen LogP contribution in [0.5, 0.6) is 0 Å². The lowest BCUT2D eigenvalue weighted by molar-refractivity contribution is -0.385. The van der Waals surface area contributed by atoms with Crippen LogP contribution in [-0.2, 0) is 5.41 Å². The molecule has 1 N–H and O–H groups in total. The number of nitrogens with zero attached hydrogens (tertiary/aromatic N) is 3. The largest absolute Gasteiger partial charge is 0.376 e. The minimum atomic E-state index is -0.686. The predicted octanol–water partition coefficient (Wildman–Crippen LogP) is 3.44. The molecule has 132 valence electrons. The molecule has 1 aliphatic carbocycles. The molecule has 1 atom stereocenters. The predicted molar refractivity (Wildman–Crippen MR) is 98.6 cm³/mol. The van der Waals surface area contributed by atoms with E-state index in [9.17, 15) is 14.9 Å². The monoisotopic (exact) mass is 350 g/mol. The van der Waals surface area contributed by atoms with Gasteiger partial charge in [0, 0.05) is 6.20 Å². The van der Waals surface area contributed by atoms with Gasteiger partial charge in [-0.1, -0.05) is 44.2 Å².